The summed E-state index contributed by atoms with van der Waals surface area (Å²) in [4.78, 5) is 2.49. The highest BCUT2D eigenvalue weighted by Crippen LogP contribution is 2.53. The summed E-state index contributed by atoms with van der Waals surface area (Å²) in [6, 6.07) is 73.8. The molecule has 0 radical (unpaired) electrons. The number of nitrogens with zero attached hydrogens (tertiary/aromatic N) is 1. The van der Waals surface area contributed by atoms with Crippen LogP contribution in [0.3, 0.4) is 0 Å². The molecule has 1 nitrogen and oxygen atoms in total. The van der Waals surface area contributed by atoms with E-state index in [9.17, 15) is 0 Å². The molecule has 0 amide bonds. The zero-order chi connectivity index (χ0) is 38.1. The number of fused-ring (bicyclic) bond motifs is 7. The molecule has 0 N–H and O–H groups in total. The van der Waals surface area contributed by atoms with Gasteiger partial charge in [0.05, 0.1) is 11.4 Å². The van der Waals surface area contributed by atoms with E-state index in [1.165, 1.54) is 92.3 Å². The first-order valence-electron chi connectivity index (χ1n) is 19.8. The maximum Gasteiger partial charge on any atom is 0.0555 e. The molecule has 11 rings (SSSR count). The van der Waals surface area contributed by atoms with Crippen LogP contribution in [0.5, 0.6) is 0 Å². The predicted molar refractivity (Wildman–Crippen MR) is 245 cm³/mol. The quantitative estimate of drug-likeness (QED) is 0.164. The van der Waals surface area contributed by atoms with Crippen molar-refractivity contribution < 1.29 is 0 Å². The molecule has 0 spiro atoms. The van der Waals surface area contributed by atoms with Crippen molar-refractivity contribution in [2.45, 2.75) is 19.3 Å². The van der Waals surface area contributed by atoms with Gasteiger partial charge in [-0.25, -0.2) is 0 Å². The third-order valence-corrected chi connectivity index (χ3v) is 13.2. The molecule has 1 heterocycles. The molecule has 0 fully saturated rings. The first-order valence-corrected chi connectivity index (χ1v) is 20.6. The van der Waals surface area contributed by atoms with Gasteiger partial charge in [-0.2, -0.15) is 0 Å². The van der Waals surface area contributed by atoms with E-state index in [0.29, 0.717) is 0 Å². The fraction of sp³-hybridized carbons (Fsp3) is 0.0545. The minimum atomic E-state index is -0.0948. The second-order valence-corrected chi connectivity index (χ2v) is 16.7. The Morgan fingerprint density at radius 2 is 0.982 bits per heavy atom. The molecule has 2 heteroatoms. The standard InChI is InChI=1S/C55H39NS/c1-55(2)48-26-8-5-21-45(48)46-25-13-24-44(54(46)55)37-31-33-40(34-32-37)56(50-28-14-30-52-53(50)47-22-7-10-29-51(47)57-52)49-27-9-6-20-43(49)39-18-11-17-38(35-39)42-23-12-16-36-15-3-4-19-41(36)42/h3-35H,1-2H3. The maximum atomic E-state index is 2.49. The number of hydrogen-bond acceptors (Lipinski definition) is 2. The summed E-state index contributed by atoms with van der Waals surface area (Å²) in [7, 11) is 0. The van der Waals surface area contributed by atoms with Gasteiger partial charge in [-0.05, 0) is 103 Å². The van der Waals surface area contributed by atoms with Crippen LogP contribution in [0.4, 0.5) is 17.1 Å². The summed E-state index contributed by atoms with van der Waals surface area (Å²) in [6.07, 6.45) is 0. The number of anilines is 3. The van der Waals surface area contributed by atoms with Crippen LogP contribution in [0.25, 0.3) is 75.5 Å². The van der Waals surface area contributed by atoms with Gasteiger partial charge >= 0.3 is 0 Å². The monoisotopic (exact) mass is 745 g/mol. The fourth-order valence-corrected chi connectivity index (χ4v) is 10.6. The zero-order valence-corrected chi connectivity index (χ0v) is 32.7. The van der Waals surface area contributed by atoms with Crippen LogP contribution in [-0.4, -0.2) is 0 Å². The van der Waals surface area contributed by atoms with Crippen molar-refractivity contribution in [3.05, 3.63) is 211 Å². The van der Waals surface area contributed by atoms with Crippen LogP contribution in [0.2, 0.25) is 0 Å². The highest BCUT2D eigenvalue weighted by Gasteiger charge is 2.37. The summed E-state index contributed by atoms with van der Waals surface area (Å²) in [5.74, 6) is 0. The van der Waals surface area contributed by atoms with Gasteiger partial charge in [0.25, 0.3) is 0 Å². The van der Waals surface area contributed by atoms with Crippen molar-refractivity contribution in [1.29, 1.82) is 0 Å². The zero-order valence-electron chi connectivity index (χ0n) is 31.9. The second-order valence-electron chi connectivity index (χ2n) is 15.7. The Balaban J connectivity index is 1.10. The van der Waals surface area contributed by atoms with Gasteiger partial charge in [0.2, 0.25) is 0 Å². The normalized spacial score (nSPS) is 12.9. The highest BCUT2D eigenvalue weighted by atomic mass is 32.1. The smallest absolute Gasteiger partial charge is 0.0555 e. The Kier molecular flexibility index (Phi) is 7.77. The summed E-state index contributed by atoms with van der Waals surface area (Å²) in [5.41, 5.74) is 16.2. The Hall–Kier alpha value is -6.74. The molecular formula is C55H39NS. The first kappa shape index (κ1) is 33.6. The van der Waals surface area contributed by atoms with Crippen LogP contribution in [-0.2, 0) is 5.41 Å². The van der Waals surface area contributed by atoms with Gasteiger partial charge in [-0.15, -0.1) is 11.3 Å². The molecule has 57 heavy (non-hydrogen) atoms. The van der Waals surface area contributed by atoms with E-state index in [1.54, 1.807) is 0 Å². The molecule has 0 aliphatic heterocycles. The van der Waals surface area contributed by atoms with Crippen LogP contribution in [0.1, 0.15) is 25.0 Å². The minimum absolute atomic E-state index is 0.0948. The Bertz CT molecular complexity index is 3160. The lowest BCUT2D eigenvalue weighted by molar-refractivity contribution is 0.662. The minimum Gasteiger partial charge on any atom is -0.309 e. The van der Waals surface area contributed by atoms with Crippen LogP contribution < -0.4 is 4.90 Å². The lowest BCUT2D eigenvalue weighted by Gasteiger charge is -2.29. The van der Waals surface area contributed by atoms with Crippen molar-refractivity contribution in [3.8, 4) is 44.5 Å². The summed E-state index contributed by atoms with van der Waals surface area (Å²) in [5, 5.41) is 5.08. The summed E-state index contributed by atoms with van der Waals surface area (Å²) >= 11 is 1.86. The third-order valence-electron chi connectivity index (χ3n) is 12.1. The lowest BCUT2D eigenvalue weighted by Crippen LogP contribution is -2.16. The molecule has 10 aromatic rings. The number of hydrogen-bond donors (Lipinski definition) is 0. The molecule has 0 atom stereocenters. The van der Waals surface area contributed by atoms with Gasteiger partial charge in [0, 0.05) is 36.8 Å². The van der Waals surface area contributed by atoms with Gasteiger partial charge in [0.1, 0.15) is 0 Å². The fourth-order valence-electron chi connectivity index (χ4n) is 9.47. The predicted octanol–water partition coefficient (Wildman–Crippen LogP) is 16.0. The molecule has 0 saturated carbocycles. The third kappa shape index (κ3) is 5.36. The topological polar surface area (TPSA) is 3.24 Å². The molecule has 1 aromatic heterocycles. The summed E-state index contributed by atoms with van der Waals surface area (Å²) in [6.45, 7) is 4.74. The van der Waals surface area contributed by atoms with E-state index in [2.05, 4.69) is 219 Å². The Morgan fingerprint density at radius 3 is 1.86 bits per heavy atom. The molecule has 9 aromatic carbocycles. The molecule has 1 aliphatic rings. The van der Waals surface area contributed by atoms with E-state index in [1.807, 2.05) is 11.3 Å². The van der Waals surface area contributed by atoms with E-state index in [0.717, 1.165) is 11.4 Å². The van der Waals surface area contributed by atoms with Gasteiger partial charge in [-0.3, -0.25) is 0 Å². The van der Waals surface area contributed by atoms with E-state index < -0.39 is 0 Å². The van der Waals surface area contributed by atoms with E-state index >= 15 is 0 Å². The van der Waals surface area contributed by atoms with E-state index in [-0.39, 0.29) is 5.41 Å². The van der Waals surface area contributed by atoms with Crippen molar-refractivity contribution in [3.63, 3.8) is 0 Å². The first-order chi connectivity index (χ1) is 28.0. The molecular weight excluding hydrogens is 707 g/mol. The van der Waals surface area contributed by atoms with Gasteiger partial charge in [0.15, 0.2) is 0 Å². The lowest BCUT2D eigenvalue weighted by atomic mass is 9.79. The second kappa shape index (κ2) is 13.2. The average molecular weight is 746 g/mol. The van der Waals surface area contributed by atoms with Crippen molar-refractivity contribution in [2.24, 2.45) is 0 Å². The maximum absolute atomic E-state index is 2.49. The number of benzene rings is 9. The Labute approximate surface area is 337 Å². The van der Waals surface area contributed by atoms with Crippen LogP contribution in [0, 0.1) is 0 Å². The molecule has 0 unspecified atom stereocenters. The van der Waals surface area contributed by atoms with E-state index in [4.69, 9.17) is 0 Å². The number of para-hydroxylation sites is 1. The molecule has 270 valence electrons. The van der Waals surface area contributed by atoms with Crippen molar-refractivity contribution in [1.82, 2.24) is 0 Å². The van der Waals surface area contributed by atoms with Crippen molar-refractivity contribution >= 4 is 59.3 Å². The average Bonchev–Trinajstić information content (AvgIpc) is 3.77. The SMILES string of the molecule is CC1(C)c2ccccc2-c2cccc(-c3ccc(N(c4ccccc4-c4cccc(-c5cccc6ccccc56)c4)c4cccc5sc6ccccc6c45)cc3)c21. The molecule has 1 aliphatic carbocycles. The number of rotatable bonds is 6. The largest absolute Gasteiger partial charge is 0.309 e. The summed E-state index contributed by atoms with van der Waals surface area (Å²) < 4.78 is 2.58. The van der Waals surface area contributed by atoms with Gasteiger partial charge < -0.3 is 4.90 Å². The van der Waals surface area contributed by atoms with Crippen molar-refractivity contribution in [2.75, 3.05) is 4.90 Å². The molecule has 0 saturated heterocycles. The van der Waals surface area contributed by atoms with Crippen LogP contribution in [0.15, 0.2) is 200 Å². The molecule has 0 bridgehead atoms. The van der Waals surface area contributed by atoms with Gasteiger partial charge in [-0.1, -0.05) is 172 Å². The number of thiophene rings is 1. The highest BCUT2D eigenvalue weighted by molar-refractivity contribution is 7.26. The van der Waals surface area contributed by atoms with Crippen LogP contribution >= 0.6 is 11.3 Å². The Morgan fingerprint density at radius 1 is 0.404 bits per heavy atom.